The monoisotopic (exact) mass is 535 g/mol. The van der Waals surface area contributed by atoms with Gasteiger partial charge < -0.3 is 14.6 Å². The lowest BCUT2D eigenvalue weighted by Gasteiger charge is -2.21. The highest BCUT2D eigenvalue weighted by Gasteiger charge is 2.23. The first kappa shape index (κ1) is 26.9. The van der Waals surface area contributed by atoms with Crippen molar-refractivity contribution in [3.05, 3.63) is 70.9 Å². The molecule has 4 rings (SSSR count). The lowest BCUT2D eigenvalue weighted by atomic mass is 10.0. The normalized spacial score (nSPS) is 12.2. The number of aryl methyl sites for hydroxylation is 1. The number of carbonyl (C=O) groups is 1. The van der Waals surface area contributed by atoms with Crippen molar-refractivity contribution in [3.8, 4) is 17.0 Å². The fraction of sp³-hybridized carbons (Fsp3) is 0.357. The average molecular weight is 536 g/mol. The van der Waals surface area contributed by atoms with Crippen LogP contribution in [-0.2, 0) is 4.79 Å². The number of anilines is 1. The topological polar surface area (TPSA) is 81.9 Å². The summed E-state index contributed by atoms with van der Waals surface area (Å²) in [6.07, 6.45) is -0.298. The Hall–Kier alpha value is -3.17. The van der Waals surface area contributed by atoms with Crippen LogP contribution in [-0.4, -0.2) is 31.4 Å². The summed E-state index contributed by atoms with van der Waals surface area (Å²) >= 11 is 2.78. The van der Waals surface area contributed by atoms with E-state index in [1.807, 2.05) is 47.2 Å². The minimum atomic E-state index is -0.298. The van der Waals surface area contributed by atoms with E-state index in [2.05, 4.69) is 73.3 Å². The number of amides is 1. The van der Waals surface area contributed by atoms with Crippen molar-refractivity contribution >= 4 is 34.1 Å². The summed E-state index contributed by atoms with van der Waals surface area (Å²) in [6.45, 7) is 12.5. The van der Waals surface area contributed by atoms with Crippen LogP contribution in [0.15, 0.2) is 59.1 Å². The molecular formula is C28H33N5O2S2. The van der Waals surface area contributed by atoms with Crippen molar-refractivity contribution in [1.82, 2.24) is 19.7 Å². The van der Waals surface area contributed by atoms with Gasteiger partial charge in [0.1, 0.15) is 5.75 Å². The van der Waals surface area contributed by atoms with Gasteiger partial charge in [-0.1, -0.05) is 73.6 Å². The lowest BCUT2D eigenvalue weighted by Crippen LogP contribution is -2.17. The predicted molar refractivity (Wildman–Crippen MR) is 152 cm³/mol. The van der Waals surface area contributed by atoms with Gasteiger partial charge >= 0.3 is 0 Å². The highest BCUT2D eigenvalue weighted by Crippen LogP contribution is 2.32. The molecule has 0 bridgehead atoms. The van der Waals surface area contributed by atoms with Crippen LogP contribution in [0.4, 0.5) is 5.13 Å². The minimum Gasteiger partial charge on any atom is -0.482 e. The Labute approximate surface area is 226 Å². The first-order valence-electron chi connectivity index (χ1n) is 12.4. The van der Waals surface area contributed by atoms with Crippen LogP contribution in [0.25, 0.3) is 11.3 Å². The SMILES string of the molecule is Cc1ccc(-c2csc(NC(=O)CSc3nnc(C(C)Oc4ccccc4C(C)C)n3C(C)C)n2)cc1. The molecule has 2 aromatic heterocycles. The molecule has 1 unspecified atom stereocenters. The lowest BCUT2D eigenvalue weighted by molar-refractivity contribution is -0.113. The van der Waals surface area contributed by atoms with Crippen molar-refractivity contribution < 1.29 is 9.53 Å². The maximum absolute atomic E-state index is 12.7. The molecule has 0 radical (unpaired) electrons. The molecule has 9 heteroatoms. The van der Waals surface area contributed by atoms with E-state index >= 15 is 0 Å². The molecule has 0 spiro atoms. The van der Waals surface area contributed by atoms with E-state index < -0.39 is 0 Å². The number of thioether (sulfide) groups is 1. The van der Waals surface area contributed by atoms with Crippen molar-refractivity contribution in [3.63, 3.8) is 0 Å². The Morgan fingerprint density at radius 3 is 2.49 bits per heavy atom. The van der Waals surface area contributed by atoms with E-state index in [9.17, 15) is 4.79 Å². The largest absolute Gasteiger partial charge is 0.482 e. The van der Waals surface area contributed by atoms with Gasteiger partial charge in [-0.25, -0.2) is 4.98 Å². The molecular weight excluding hydrogens is 502 g/mol. The molecule has 194 valence electrons. The third-order valence-corrected chi connectivity index (χ3v) is 7.55. The highest BCUT2D eigenvalue weighted by molar-refractivity contribution is 7.99. The summed E-state index contributed by atoms with van der Waals surface area (Å²) in [5.41, 5.74) is 4.24. The predicted octanol–water partition coefficient (Wildman–Crippen LogP) is 7.29. The van der Waals surface area contributed by atoms with E-state index in [0.29, 0.717) is 16.2 Å². The van der Waals surface area contributed by atoms with Crippen molar-refractivity contribution in [2.75, 3.05) is 11.1 Å². The van der Waals surface area contributed by atoms with Gasteiger partial charge in [0.05, 0.1) is 11.4 Å². The minimum absolute atomic E-state index is 0.109. The van der Waals surface area contributed by atoms with Gasteiger partial charge in [-0.3, -0.25) is 4.79 Å². The Bertz CT molecular complexity index is 1340. The second-order valence-corrected chi connectivity index (χ2v) is 11.3. The van der Waals surface area contributed by atoms with Crippen molar-refractivity contribution in [1.29, 1.82) is 0 Å². The van der Waals surface area contributed by atoms with Gasteiger partial charge in [0.15, 0.2) is 22.2 Å². The van der Waals surface area contributed by atoms with E-state index in [1.54, 1.807) is 0 Å². The molecule has 0 aliphatic heterocycles. The molecule has 1 amide bonds. The number of hydrogen-bond acceptors (Lipinski definition) is 7. The van der Waals surface area contributed by atoms with E-state index in [1.165, 1.54) is 28.7 Å². The Balaban J connectivity index is 1.41. The van der Waals surface area contributed by atoms with Gasteiger partial charge in [0.25, 0.3) is 0 Å². The summed E-state index contributed by atoms with van der Waals surface area (Å²) in [5.74, 6) is 2.01. The molecule has 0 saturated carbocycles. The number of aromatic nitrogens is 4. The van der Waals surface area contributed by atoms with Crippen LogP contribution < -0.4 is 10.1 Å². The molecule has 1 N–H and O–H groups in total. The number of thiazole rings is 1. The molecule has 0 aliphatic carbocycles. The molecule has 7 nitrogen and oxygen atoms in total. The van der Waals surface area contributed by atoms with Gasteiger partial charge in [0, 0.05) is 17.0 Å². The number of nitrogens with zero attached hydrogens (tertiary/aromatic N) is 4. The third kappa shape index (κ3) is 6.59. The van der Waals surface area contributed by atoms with E-state index in [0.717, 1.165) is 28.4 Å². The number of carbonyl (C=O) groups excluding carboxylic acids is 1. The molecule has 2 aromatic carbocycles. The molecule has 1 atom stereocenters. The first-order valence-corrected chi connectivity index (χ1v) is 14.2. The van der Waals surface area contributed by atoms with Crippen molar-refractivity contribution in [2.24, 2.45) is 0 Å². The Kier molecular flexibility index (Phi) is 8.66. The van der Waals surface area contributed by atoms with Gasteiger partial charge in [-0.05, 0) is 45.2 Å². The maximum Gasteiger partial charge on any atom is 0.236 e. The van der Waals surface area contributed by atoms with Crippen LogP contribution >= 0.6 is 23.1 Å². The number of ether oxygens (including phenoxy) is 1. The van der Waals surface area contributed by atoms with Crippen LogP contribution in [0, 0.1) is 6.92 Å². The molecule has 0 aliphatic rings. The number of hydrogen-bond donors (Lipinski definition) is 1. The number of benzene rings is 2. The first-order chi connectivity index (χ1) is 17.7. The highest BCUT2D eigenvalue weighted by atomic mass is 32.2. The smallest absolute Gasteiger partial charge is 0.236 e. The molecule has 2 heterocycles. The number of nitrogens with one attached hydrogen (secondary N) is 1. The fourth-order valence-electron chi connectivity index (χ4n) is 3.93. The van der Waals surface area contributed by atoms with Crippen molar-refractivity contribution in [2.45, 2.75) is 64.8 Å². The summed E-state index contributed by atoms with van der Waals surface area (Å²) < 4.78 is 8.37. The Morgan fingerprint density at radius 2 is 1.78 bits per heavy atom. The maximum atomic E-state index is 12.7. The third-order valence-electron chi connectivity index (χ3n) is 5.85. The zero-order valence-corrected chi connectivity index (χ0v) is 23.7. The molecule has 4 aromatic rings. The van der Waals surface area contributed by atoms with E-state index in [4.69, 9.17) is 4.74 Å². The van der Waals surface area contributed by atoms with Crippen LogP contribution in [0.2, 0.25) is 0 Å². The molecule has 0 fully saturated rings. The second-order valence-electron chi connectivity index (χ2n) is 9.50. The number of para-hydroxylation sites is 1. The van der Waals surface area contributed by atoms with Gasteiger partial charge in [0.2, 0.25) is 5.91 Å². The van der Waals surface area contributed by atoms with E-state index in [-0.39, 0.29) is 23.8 Å². The van der Waals surface area contributed by atoms with Crippen LogP contribution in [0.5, 0.6) is 5.75 Å². The second kappa shape index (κ2) is 11.9. The quantitative estimate of drug-likeness (QED) is 0.215. The molecule has 37 heavy (non-hydrogen) atoms. The Morgan fingerprint density at radius 1 is 1.05 bits per heavy atom. The average Bonchev–Trinajstić information content (AvgIpc) is 3.51. The summed E-state index contributed by atoms with van der Waals surface area (Å²) in [6, 6.07) is 16.4. The summed E-state index contributed by atoms with van der Waals surface area (Å²) in [4.78, 5) is 17.3. The standard InChI is InChI=1S/C28H33N5O2S2/c1-17(2)22-9-7-8-10-24(22)35-20(6)26-31-32-28(33(26)18(3)4)37-16-25(34)30-27-29-23(15-36-27)21-13-11-19(5)12-14-21/h7-15,17-18,20H,16H2,1-6H3,(H,29,30,34). The number of rotatable bonds is 10. The van der Waals surface area contributed by atoms with Crippen LogP contribution in [0.1, 0.15) is 69.6 Å². The van der Waals surface area contributed by atoms with Crippen LogP contribution in [0.3, 0.4) is 0 Å². The zero-order valence-electron chi connectivity index (χ0n) is 22.1. The summed E-state index contributed by atoms with van der Waals surface area (Å²) in [7, 11) is 0. The van der Waals surface area contributed by atoms with Gasteiger partial charge in [-0.2, -0.15) is 0 Å². The summed E-state index contributed by atoms with van der Waals surface area (Å²) in [5, 5.41) is 15.0. The fourth-order valence-corrected chi connectivity index (χ4v) is 5.54. The molecule has 0 saturated heterocycles. The zero-order chi connectivity index (χ0) is 26.5. The van der Waals surface area contributed by atoms with Gasteiger partial charge in [-0.15, -0.1) is 21.5 Å².